The average molecular weight is 354 g/mol. The molecule has 0 radical (unpaired) electrons. The number of hydrogen-bond acceptors (Lipinski definition) is 4. The summed E-state index contributed by atoms with van der Waals surface area (Å²) in [6.45, 7) is 5.24. The summed E-state index contributed by atoms with van der Waals surface area (Å²) in [6, 6.07) is 6.45. The molecule has 2 fully saturated rings. The monoisotopic (exact) mass is 353 g/mol. The van der Waals surface area contributed by atoms with Gasteiger partial charge in [-0.1, -0.05) is 22.0 Å². The number of halogens is 1. The van der Waals surface area contributed by atoms with E-state index in [-0.39, 0.29) is 10.6 Å². The van der Waals surface area contributed by atoms with Crippen molar-refractivity contribution in [2.24, 2.45) is 0 Å². The number of nitro groups is 1. The highest BCUT2D eigenvalue weighted by Crippen LogP contribution is 2.35. The number of benzene rings is 1. The number of nitrogens with zero attached hydrogens (tertiary/aromatic N) is 3. The van der Waals surface area contributed by atoms with Gasteiger partial charge in [0.2, 0.25) is 0 Å². The molecule has 0 spiro atoms. The summed E-state index contributed by atoms with van der Waals surface area (Å²) in [5.41, 5.74) is 1.94. The van der Waals surface area contributed by atoms with Crippen LogP contribution < -0.4 is 4.90 Å². The molecule has 2 unspecified atom stereocenters. The molecule has 2 atom stereocenters. The Morgan fingerprint density at radius 2 is 2.24 bits per heavy atom. The zero-order valence-electron chi connectivity index (χ0n) is 12.2. The van der Waals surface area contributed by atoms with Crippen molar-refractivity contribution in [2.45, 2.75) is 37.2 Å². The summed E-state index contributed by atoms with van der Waals surface area (Å²) in [5, 5.41) is 12.1. The van der Waals surface area contributed by atoms with Gasteiger partial charge in [-0.25, -0.2) is 0 Å². The number of piperazine rings is 1. The number of hydrogen-bond donors (Lipinski definition) is 0. The Kier molecular flexibility index (Phi) is 4.17. The molecule has 0 saturated carbocycles. The minimum Gasteiger partial charge on any atom is -0.360 e. The minimum absolute atomic E-state index is 0.227. The van der Waals surface area contributed by atoms with Crippen LogP contribution in [0.4, 0.5) is 11.4 Å². The van der Waals surface area contributed by atoms with Crippen molar-refractivity contribution in [2.75, 3.05) is 24.5 Å². The van der Waals surface area contributed by atoms with E-state index in [0.717, 1.165) is 24.3 Å². The summed E-state index contributed by atoms with van der Waals surface area (Å²) < 4.78 is 0. The molecule has 2 aliphatic rings. The molecule has 3 rings (SSSR count). The van der Waals surface area contributed by atoms with Crippen LogP contribution in [0.15, 0.2) is 18.2 Å². The van der Waals surface area contributed by atoms with Gasteiger partial charge in [-0.05, 0) is 37.9 Å². The van der Waals surface area contributed by atoms with E-state index in [9.17, 15) is 10.1 Å². The molecule has 0 aliphatic carbocycles. The van der Waals surface area contributed by atoms with Crippen LogP contribution in [0.5, 0.6) is 0 Å². The first-order chi connectivity index (χ1) is 10.1. The Labute approximate surface area is 133 Å². The van der Waals surface area contributed by atoms with Crippen LogP contribution in [0.3, 0.4) is 0 Å². The predicted molar refractivity (Wildman–Crippen MR) is 87.1 cm³/mol. The lowest BCUT2D eigenvalue weighted by molar-refractivity contribution is -0.384. The van der Waals surface area contributed by atoms with Gasteiger partial charge in [0, 0.05) is 36.6 Å². The summed E-state index contributed by atoms with van der Waals surface area (Å²) in [4.78, 5) is 15.9. The Hall–Kier alpha value is -1.14. The van der Waals surface area contributed by atoms with Crippen molar-refractivity contribution in [1.82, 2.24) is 4.90 Å². The van der Waals surface area contributed by atoms with Crippen molar-refractivity contribution in [3.8, 4) is 0 Å². The number of rotatable bonds is 3. The third kappa shape index (κ3) is 2.79. The van der Waals surface area contributed by atoms with Gasteiger partial charge in [0.25, 0.3) is 5.69 Å². The number of alkyl halides is 1. The number of anilines is 1. The van der Waals surface area contributed by atoms with E-state index < -0.39 is 0 Å². The summed E-state index contributed by atoms with van der Waals surface area (Å²) in [5.74, 6) is 0. The molecule has 2 saturated heterocycles. The highest BCUT2D eigenvalue weighted by Gasteiger charge is 2.36. The summed E-state index contributed by atoms with van der Waals surface area (Å²) in [6.07, 6.45) is 2.45. The maximum Gasteiger partial charge on any atom is 0.292 e. The van der Waals surface area contributed by atoms with E-state index >= 15 is 0 Å². The molecule has 1 aromatic carbocycles. The van der Waals surface area contributed by atoms with Gasteiger partial charge in [-0.2, -0.15) is 0 Å². The standard InChI is InChI=1S/C15H20BrN3O2/c1-11-9-17-6-2-3-13(17)10-18(11)14-5-4-12(8-16)7-15(14)19(20)21/h4-5,7,11,13H,2-3,6,8-10H2,1H3. The van der Waals surface area contributed by atoms with E-state index in [1.165, 1.54) is 19.4 Å². The van der Waals surface area contributed by atoms with E-state index in [4.69, 9.17) is 0 Å². The second kappa shape index (κ2) is 5.93. The molecule has 2 heterocycles. The molecule has 2 aliphatic heterocycles. The molecule has 0 amide bonds. The van der Waals surface area contributed by atoms with E-state index in [1.54, 1.807) is 6.07 Å². The summed E-state index contributed by atoms with van der Waals surface area (Å²) in [7, 11) is 0. The van der Waals surface area contributed by atoms with Crippen LogP contribution >= 0.6 is 15.9 Å². The second-order valence-electron chi connectivity index (χ2n) is 6.01. The van der Waals surface area contributed by atoms with Crippen LogP contribution in [-0.4, -0.2) is 41.5 Å². The molecular weight excluding hydrogens is 334 g/mol. The van der Waals surface area contributed by atoms with Gasteiger partial charge in [0.1, 0.15) is 5.69 Å². The first kappa shape index (κ1) is 14.8. The predicted octanol–water partition coefficient (Wildman–Crippen LogP) is 3.16. The maximum absolute atomic E-state index is 11.4. The molecular formula is C15H20BrN3O2. The highest BCUT2D eigenvalue weighted by molar-refractivity contribution is 9.08. The topological polar surface area (TPSA) is 49.6 Å². The van der Waals surface area contributed by atoms with Crippen molar-refractivity contribution in [3.63, 3.8) is 0 Å². The zero-order valence-corrected chi connectivity index (χ0v) is 13.8. The van der Waals surface area contributed by atoms with Gasteiger partial charge in [-0.3, -0.25) is 15.0 Å². The van der Waals surface area contributed by atoms with Crippen LogP contribution in [0.1, 0.15) is 25.3 Å². The van der Waals surface area contributed by atoms with Gasteiger partial charge in [0.05, 0.1) is 4.92 Å². The Bertz CT molecular complexity index is 552. The lowest BCUT2D eigenvalue weighted by atomic mass is 10.1. The Morgan fingerprint density at radius 1 is 1.43 bits per heavy atom. The molecule has 1 aromatic rings. The van der Waals surface area contributed by atoms with Crippen LogP contribution in [0, 0.1) is 10.1 Å². The third-order valence-corrected chi connectivity index (χ3v) is 5.29. The lowest BCUT2D eigenvalue weighted by Gasteiger charge is -2.43. The SMILES string of the molecule is CC1CN2CCCC2CN1c1ccc(CBr)cc1[N+](=O)[O-]. The molecule has 6 heteroatoms. The van der Waals surface area contributed by atoms with E-state index in [0.29, 0.717) is 17.4 Å². The first-order valence-electron chi connectivity index (χ1n) is 7.44. The number of fused-ring (bicyclic) bond motifs is 1. The molecule has 0 N–H and O–H groups in total. The van der Waals surface area contributed by atoms with Gasteiger partial charge >= 0.3 is 0 Å². The van der Waals surface area contributed by atoms with Crippen LogP contribution in [0.25, 0.3) is 0 Å². The maximum atomic E-state index is 11.4. The first-order valence-corrected chi connectivity index (χ1v) is 8.56. The van der Waals surface area contributed by atoms with Crippen LogP contribution in [-0.2, 0) is 5.33 Å². The average Bonchev–Trinajstić information content (AvgIpc) is 2.92. The fourth-order valence-corrected chi connectivity index (χ4v) is 3.91. The molecule has 114 valence electrons. The van der Waals surface area contributed by atoms with Gasteiger partial charge in [-0.15, -0.1) is 0 Å². The molecule has 0 bridgehead atoms. The minimum atomic E-state index is -0.255. The third-order valence-electron chi connectivity index (χ3n) is 4.64. The molecule has 21 heavy (non-hydrogen) atoms. The van der Waals surface area contributed by atoms with E-state index in [2.05, 4.69) is 32.7 Å². The Morgan fingerprint density at radius 3 is 2.95 bits per heavy atom. The van der Waals surface area contributed by atoms with Crippen molar-refractivity contribution in [3.05, 3.63) is 33.9 Å². The van der Waals surface area contributed by atoms with Gasteiger partial charge < -0.3 is 4.90 Å². The molecule has 5 nitrogen and oxygen atoms in total. The lowest BCUT2D eigenvalue weighted by Crippen LogP contribution is -2.55. The smallest absolute Gasteiger partial charge is 0.292 e. The van der Waals surface area contributed by atoms with Gasteiger partial charge in [0.15, 0.2) is 0 Å². The fraction of sp³-hybridized carbons (Fsp3) is 0.600. The van der Waals surface area contributed by atoms with Crippen molar-refractivity contribution in [1.29, 1.82) is 0 Å². The van der Waals surface area contributed by atoms with Crippen molar-refractivity contribution >= 4 is 27.3 Å². The number of nitro benzene ring substituents is 1. The molecule has 0 aromatic heterocycles. The zero-order chi connectivity index (χ0) is 15.0. The quantitative estimate of drug-likeness (QED) is 0.475. The summed E-state index contributed by atoms with van der Waals surface area (Å²) >= 11 is 3.37. The fourth-order valence-electron chi connectivity index (χ4n) is 3.56. The normalized spacial score (nSPS) is 25.9. The van der Waals surface area contributed by atoms with Crippen LogP contribution in [0.2, 0.25) is 0 Å². The van der Waals surface area contributed by atoms with Crippen molar-refractivity contribution < 1.29 is 4.92 Å². The largest absolute Gasteiger partial charge is 0.360 e. The second-order valence-corrected chi connectivity index (χ2v) is 6.57. The Balaban J connectivity index is 1.93. The highest BCUT2D eigenvalue weighted by atomic mass is 79.9. The van der Waals surface area contributed by atoms with E-state index in [1.807, 2.05) is 12.1 Å².